The van der Waals surface area contributed by atoms with Gasteiger partial charge in [-0.15, -0.1) is 0 Å². The van der Waals surface area contributed by atoms with Gasteiger partial charge in [-0.3, -0.25) is 14.6 Å². The molecule has 1 atom stereocenters. The molecule has 0 fully saturated rings. The van der Waals surface area contributed by atoms with Crippen LogP contribution in [0, 0.1) is 6.92 Å². The lowest BCUT2D eigenvalue weighted by molar-refractivity contribution is 0.0928. The van der Waals surface area contributed by atoms with Gasteiger partial charge in [-0.05, 0) is 79.8 Å². The predicted octanol–water partition coefficient (Wildman–Crippen LogP) is 5.02. The van der Waals surface area contributed by atoms with Gasteiger partial charge in [0.1, 0.15) is 28.5 Å². The number of aryl methyl sites for hydroxylation is 2. The Morgan fingerprint density at radius 3 is 2.45 bits per heavy atom. The van der Waals surface area contributed by atoms with Gasteiger partial charge in [-0.2, -0.15) is 0 Å². The topological polar surface area (TPSA) is 102 Å². The normalized spacial score (nSPS) is 14.2. The Labute approximate surface area is 221 Å². The van der Waals surface area contributed by atoms with Crippen molar-refractivity contribution in [1.82, 2.24) is 20.6 Å². The van der Waals surface area contributed by atoms with Crippen LogP contribution in [0.5, 0.6) is 23.1 Å². The van der Waals surface area contributed by atoms with Gasteiger partial charge in [-0.25, -0.2) is 4.98 Å². The van der Waals surface area contributed by atoms with Crippen LogP contribution in [0.15, 0.2) is 79.1 Å². The van der Waals surface area contributed by atoms with Crippen LogP contribution >= 0.6 is 0 Å². The minimum Gasteiger partial charge on any atom is -0.457 e. The van der Waals surface area contributed by atoms with Gasteiger partial charge in [0.15, 0.2) is 0 Å². The Bertz CT molecular complexity index is 1470. The summed E-state index contributed by atoms with van der Waals surface area (Å²) in [6, 6.07) is 20.3. The Hall–Kier alpha value is -4.72. The zero-order valence-electron chi connectivity index (χ0n) is 21.2. The first kappa shape index (κ1) is 25.0. The van der Waals surface area contributed by atoms with E-state index in [1.165, 1.54) is 5.56 Å². The van der Waals surface area contributed by atoms with Gasteiger partial charge in [0, 0.05) is 31.5 Å². The SMILES string of the molecule is CNC(=O)c1cc(Oc2ccc3c(c2)CC(NC(=O)c2cccnc2Oc2ccc(C)cc2)CC3)ccn1. The molecular formula is C30H28N4O4. The number of rotatable bonds is 7. The monoisotopic (exact) mass is 508 g/mol. The number of nitrogens with one attached hydrogen (secondary N) is 2. The average Bonchev–Trinajstić information content (AvgIpc) is 2.94. The third-order valence-electron chi connectivity index (χ3n) is 6.42. The number of aromatic nitrogens is 2. The second-order valence-corrected chi connectivity index (χ2v) is 9.17. The van der Waals surface area contributed by atoms with Gasteiger partial charge in [0.05, 0.1) is 0 Å². The summed E-state index contributed by atoms with van der Waals surface area (Å²) in [6.07, 6.45) is 5.49. The molecule has 8 heteroatoms. The number of fused-ring (bicyclic) bond motifs is 1. The van der Waals surface area contributed by atoms with Gasteiger partial charge in [0.25, 0.3) is 11.8 Å². The average molecular weight is 509 g/mol. The summed E-state index contributed by atoms with van der Waals surface area (Å²) in [4.78, 5) is 33.5. The van der Waals surface area contributed by atoms with E-state index in [2.05, 4.69) is 26.7 Å². The summed E-state index contributed by atoms with van der Waals surface area (Å²) >= 11 is 0. The standard InChI is InChI=1S/C30H28N4O4/c1-19-5-10-23(11-6-19)38-30-26(4-3-14-33-30)28(35)34-22-9-7-20-8-12-24(17-21(20)16-22)37-25-13-15-32-27(18-25)29(36)31-2/h3-6,8,10-15,17-18,22H,7,9,16H2,1-2H3,(H,31,36)(H,34,35). The molecule has 4 aromatic rings. The van der Waals surface area contributed by atoms with E-state index in [-0.39, 0.29) is 29.4 Å². The van der Waals surface area contributed by atoms with Crippen molar-refractivity contribution in [3.05, 3.63) is 107 Å². The third kappa shape index (κ3) is 5.81. The van der Waals surface area contributed by atoms with E-state index in [1.54, 1.807) is 43.7 Å². The zero-order valence-corrected chi connectivity index (χ0v) is 21.2. The minimum absolute atomic E-state index is 0.0431. The molecular weight excluding hydrogens is 480 g/mol. The van der Waals surface area contributed by atoms with E-state index in [9.17, 15) is 9.59 Å². The quantitative estimate of drug-likeness (QED) is 0.364. The first-order valence-corrected chi connectivity index (χ1v) is 12.5. The highest BCUT2D eigenvalue weighted by atomic mass is 16.5. The van der Waals surface area contributed by atoms with E-state index < -0.39 is 0 Å². The van der Waals surface area contributed by atoms with Crippen molar-refractivity contribution in [3.63, 3.8) is 0 Å². The first-order valence-electron chi connectivity index (χ1n) is 12.5. The molecule has 1 aliphatic rings. The highest BCUT2D eigenvalue weighted by Crippen LogP contribution is 2.29. The Morgan fingerprint density at radius 1 is 0.842 bits per heavy atom. The van der Waals surface area contributed by atoms with Gasteiger partial charge >= 0.3 is 0 Å². The molecule has 2 aromatic carbocycles. The summed E-state index contributed by atoms with van der Waals surface area (Å²) in [5, 5.41) is 5.71. The van der Waals surface area contributed by atoms with Crippen molar-refractivity contribution >= 4 is 11.8 Å². The van der Waals surface area contributed by atoms with E-state index >= 15 is 0 Å². The number of nitrogens with zero attached hydrogens (tertiary/aromatic N) is 2. The lowest BCUT2D eigenvalue weighted by atomic mass is 9.88. The van der Waals surface area contributed by atoms with Crippen molar-refractivity contribution in [1.29, 1.82) is 0 Å². The Morgan fingerprint density at radius 2 is 1.63 bits per heavy atom. The first-order chi connectivity index (χ1) is 18.5. The molecule has 1 unspecified atom stereocenters. The third-order valence-corrected chi connectivity index (χ3v) is 6.42. The van der Waals surface area contributed by atoms with Crippen molar-refractivity contribution < 1.29 is 19.1 Å². The number of benzene rings is 2. The zero-order chi connectivity index (χ0) is 26.5. The number of pyridine rings is 2. The summed E-state index contributed by atoms with van der Waals surface area (Å²) in [5.41, 5.74) is 4.14. The van der Waals surface area contributed by atoms with Crippen molar-refractivity contribution in [2.24, 2.45) is 0 Å². The van der Waals surface area contributed by atoms with E-state index in [0.29, 0.717) is 29.2 Å². The molecule has 8 nitrogen and oxygen atoms in total. The van der Waals surface area contributed by atoms with E-state index in [1.807, 2.05) is 43.3 Å². The molecule has 2 heterocycles. The van der Waals surface area contributed by atoms with Gasteiger partial charge in [-0.1, -0.05) is 23.8 Å². The number of amides is 2. The smallest absolute Gasteiger partial charge is 0.269 e. The molecule has 0 aliphatic heterocycles. The lowest BCUT2D eigenvalue weighted by Gasteiger charge is -2.26. The fourth-order valence-electron chi connectivity index (χ4n) is 4.41. The molecule has 38 heavy (non-hydrogen) atoms. The van der Waals surface area contributed by atoms with Crippen molar-refractivity contribution in [3.8, 4) is 23.1 Å². The van der Waals surface area contributed by atoms with Gasteiger partial charge < -0.3 is 20.1 Å². The second-order valence-electron chi connectivity index (χ2n) is 9.17. The minimum atomic E-state index is -0.277. The van der Waals surface area contributed by atoms with Crippen LogP contribution in [0.3, 0.4) is 0 Å². The maximum atomic E-state index is 13.2. The lowest BCUT2D eigenvalue weighted by Crippen LogP contribution is -2.39. The molecule has 0 saturated carbocycles. The molecule has 0 radical (unpaired) electrons. The van der Waals surface area contributed by atoms with Crippen LogP contribution < -0.4 is 20.1 Å². The fraction of sp³-hybridized carbons (Fsp3) is 0.200. The fourth-order valence-corrected chi connectivity index (χ4v) is 4.41. The number of carbonyl (C=O) groups is 2. The molecule has 192 valence electrons. The molecule has 0 spiro atoms. The number of ether oxygens (including phenoxy) is 2. The van der Waals surface area contributed by atoms with Crippen molar-refractivity contribution in [2.45, 2.75) is 32.2 Å². The molecule has 1 aliphatic carbocycles. The second kappa shape index (κ2) is 11.1. The Balaban J connectivity index is 1.27. The predicted molar refractivity (Wildman–Crippen MR) is 143 cm³/mol. The van der Waals surface area contributed by atoms with E-state index in [0.717, 1.165) is 24.0 Å². The van der Waals surface area contributed by atoms with Crippen LogP contribution in [-0.2, 0) is 12.8 Å². The van der Waals surface area contributed by atoms with Crippen molar-refractivity contribution in [2.75, 3.05) is 7.05 Å². The van der Waals surface area contributed by atoms with Crippen LogP contribution in [0.1, 0.15) is 44.0 Å². The highest BCUT2D eigenvalue weighted by molar-refractivity contribution is 5.96. The molecule has 2 aromatic heterocycles. The molecule has 0 bridgehead atoms. The Kier molecular flexibility index (Phi) is 7.31. The van der Waals surface area contributed by atoms with Crippen LogP contribution in [0.4, 0.5) is 0 Å². The summed E-state index contributed by atoms with van der Waals surface area (Å²) in [6.45, 7) is 2.00. The van der Waals surface area contributed by atoms with Crippen LogP contribution in [0.25, 0.3) is 0 Å². The van der Waals surface area contributed by atoms with Crippen LogP contribution in [-0.4, -0.2) is 34.9 Å². The number of hydrogen-bond donors (Lipinski definition) is 2. The molecule has 0 saturated heterocycles. The van der Waals surface area contributed by atoms with Crippen LogP contribution in [0.2, 0.25) is 0 Å². The van der Waals surface area contributed by atoms with E-state index in [4.69, 9.17) is 9.47 Å². The molecule has 2 N–H and O–H groups in total. The largest absolute Gasteiger partial charge is 0.457 e. The molecule has 5 rings (SSSR count). The highest BCUT2D eigenvalue weighted by Gasteiger charge is 2.23. The maximum absolute atomic E-state index is 13.2. The summed E-state index contributed by atoms with van der Waals surface area (Å²) < 4.78 is 11.9. The number of carbonyl (C=O) groups excluding carboxylic acids is 2. The summed E-state index contributed by atoms with van der Waals surface area (Å²) in [7, 11) is 1.56. The summed E-state index contributed by atoms with van der Waals surface area (Å²) in [5.74, 6) is 1.58. The number of hydrogen-bond acceptors (Lipinski definition) is 6. The maximum Gasteiger partial charge on any atom is 0.269 e. The van der Waals surface area contributed by atoms with Gasteiger partial charge in [0.2, 0.25) is 5.88 Å². The molecule has 2 amide bonds.